The minimum absolute atomic E-state index is 0.0833. The fourth-order valence-electron chi connectivity index (χ4n) is 4.46. The second-order valence-electron chi connectivity index (χ2n) is 9.41. The van der Waals surface area contributed by atoms with Crippen LogP contribution >= 0.6 is 33.5 Å². The molecule has 43 heavy (non-hydrogen) atoms. The normalized spacial score (nSPS) is 12.9. The minimum atomic E-state index is -4.27. The number of nitrogens with one attached hydrogen (secondary N) is 1. The second kappa shape index (κ2) is 13.7. The molecule has 0 bridgehead atoms. The SMILES string of the molecule is O=S(=O)(OCC[NH+]([O-])S(=O)(=O)c1ccccc1)c1ccc(I)c(-c2cccc([SH](c3ccccc3)c3ccccc3)c2)c1. The Labute approximate surface area is 268 Å². The molecule has 0 radical (unpaired) electrons. The topological polar surface area (TPSA) is 105 Å². The summed E-state index contributed by atoms with van der Waals surface area (Å²) in [6, 6.07) is 40.6. The van der Waals surface area contributed by atoms with Gasteiger partial charge in [0.1, 0.15) is 18.0 Å². The Balaban J connectivity index is 1.39. The molecule has 7 nitrogen and oxygen atoms in total. The number of hydrogen-bond donors (Lipinski definition) is 2. The molecule has 0 saturated heterocycles. The van der Waals surface area contributed by atoms with E-state index in [4.69, 9.17) is 4.18 Å². The predicted molar refractivity (Wildman–Crippen MR) is 177 cm³/mol. The minimum Gasteiger partial charge on any atom is -0.618 e. The van der Waals surface area contributed by atoms with Gasteiger partial charge in [-0.1, -0.05) is 66.7 Å². The number of halogens is 1. The number of benzene rings is 5. The molecule has 5 rings (SSSR count). The third kappa shape index (κ3) is 7.37. The molecule has 0 spiro atoms. The summed E-state index contributed by atoms with van der Waals surface area (Å²) in [6.45, 7) is -1.19. The van der Waals surface area contributed by atoms with Crippen LogP contribution in [-0.4, -0.2) is 30.0 Å². The molecule has 1 N–H and O–H groups in total. The first kappa shape index (κ1) is 31.4. The van der Waals surface area contributed by atoms with Gasteiger partial charge < -0.3 is 5.21 Å². The lowest BCUT2D eigenvalue weighted by Gasteiger charge is -2.24. The Morgan fingerprint density at radius 2 is 1.21 bits per heavy atom. The van der Waals surface area contributed by atoms with Crippen LogP contribution < -0.4 is 4.47 Å². The van der Waals surface area contributed by atoms with Crippen LogP contribution in [0.15, 0.2) is 158 Å². The summed E-state index contributed by atoms with van der Waals surface area (Å²) in [6.07, 6.45) is 0. The van der Waals surface area contributed by atoms with E-state index in [2.05, 4.69) is 59.0 Å². The number of hydroxylamine groups is 1. The van der Waals surface area contributed by atoms with Crippen LogP contribution in [0.3, 0.4) is 0 Å². The average Bonchev–Trinajstić information content (AvgIpc) is 3.03. The zero-order valence-corrected chi connectivity index (χ0v) is 27.4. The van der Waals surface area contributed by atoms with Crippen molar-refractivity contribution in [2.24, 2.45) is 0 Å². The maximum atomic E-state index is 13.1. The molecule has 1 atom stereocenters. The summed E-state index contributed by atoms with van der Waals surface area (Å²) in [5.41, 5.74) is 1.56. The van der Waals surface area contributed by atoms with Crippen molar-refractivity contribution < 1.29 is 25.5 Å². The molecule has 222 valence electrons. The van der Waals surface area contributed by atoms with Crippen molar-refractivity contribution in [1.82, 2.24) is 0 Å². The van der Waals surface area contributed by atoms with Gasteiger partial charge in [0.15, 0.2) is 0 Å². The Bertz CT molecular complexity index is 1870. The smallest absolute Gasteiger partial charge is 0.325 e. The Morgan fingerprint density at radius 3 is 1.81 bits per heavy atom. The van der Waals surface area contributed by atoms with E-state index in [0.29, 0.717) is 5.56 Å². The van der Waals surface area contributed by atoms with Gasteiger partial charge >= 0.3 is 10.0 Å². The van der Waals surface area contributed by atoms with Crippen molar-refractivity contribution in [1.29, 1.82) is 0 Å². The Morgan fingerprint density at radius 1 is 0.651 bits per heavy atom. The fraction of sp³-hybridized carbons (Fsp3) is 0.0625. The lowest BCUT2D eigenvalue weighted by molar-refractivity contribution is -0.708. The number of quaternary nitrogens is 1. The zero-order valence-electron chi connectivity index (χ0n) is 22.7. The number of sulfonamides is 1. The summed E-state index contributed by atoms with van der Waals surface area (Å²) < 4.78 is 56.0. The standard InChI is InChI=1S/C32H28INO6S3/c33-32-20-19-30(43(38,39)40-22-21-34(35)42(36,37)29-17-8-3-9-18-29)24-31(32)25-11-10-16-28(23-25)41(26-12-4-1-5-13-26)27-14-6-2-7-15-27/h1-20,23-24,34,41H,21-22H2. The van der Waals surface area contributed by atoms with E-state index in [0.717, 1.165) is 14.0 Å². The van der Waals surface area contributed by atoms with Crippen LogP contribution in [0.1, 0.15) is 0 Å². The molecule has 11 heteroatoms. The first-order valence-electron chi connectivity index (χ1n) is 13.2. The second-order valence-corrected chi connectivity index (χ2v) is 16.3. The van der Waals surface area contributed by atoms with Gasteiger partial charge in [-0.05, 0) is 115 Å². The van der Waals surface area contributed by atoms with Crippen LogP contribution in [-0.2, 0) is 24.3 Å². The van der Waals surface area contributed by atoms with E-state index in [9.17, 15) is 22.0 Å². The maximum absolute atomic E-state index is 13.1. The van der Waals surface area contributed by atoms with Crippen molar-refractivity contribution in [2.75, 3.05) is 13.2 Å². The molecule has 0 aliphatic heterocycles. The van der Waals surface area contributed by atoms with E-state index in [1.807, 2.05) is 48.5 Å². The van der Waals surface area contributed by atoms with E-state index >= 15 is 0 Å². The van der Waals surface area contributed by atoms with Crippen LogP contribution in [0.25, 0.3) is 11.1 Å². The van der Waals surface area contributed by atoms with Gasteiger partial charge in [-0.25, -0.2) is 0 Å². The monoisotopic (exact) mass is 745 g/mol. The molecule has 0 aliphatic carbocycles. The summed E-state index contributed by atoms with van der Waals surface area (Å²) in [4.78, 5) is 3.28. The van der Waals surface area contributed by atoms with Crippen LogP contribution in [0, 0.1) is 8.78 Å². The van der Waals surface area contributed by atoms with Crippen molar-refractivity contribution >= 4 is 53.6 Å². The van der Waals surface area contributed by atoms with Gasteiger partial charge in [-0.15, -0.1) is 0 Å². The average molecular weight is 746 g/mol. The summed E-state index contributed by atoms with van der Waals surface area (Å²) in [5, 5.41) is 12.4. The van der Waals surface area contributed by atoms with Gasteiger partial charge in [0.05, 0.1) is 4.90 Å². The third-order valence-electron chi connectivity index (χ3n) is 6.57. The van der Waals surface area contributed by atoms with E-state index < -0.39 is 48.7 Å². The molecule has 0 heterocycles. The summed E-state index contributed by atoms with van der Waals surface area (Å²) in [5.74, 6) is 0. The van der Waals surface area contributed by atoms with Crippen LogP contribution in [0.5, 0.6) is 0 Å². The first-order chi connectivity index (χ1) is 20.7. The molecule has 0 aliphatic rings. The van der Waals surface area contributed by atoms with Gasteiger partial charge in [0.2, 0.25) is 0 Å². The van der Waals surface area contributed by atoms with Gasteiger partial charge in [0, 0.05) is 3.57 Å². The highest BCUT2D eigenvalue weighted by Gasteiger charge is 2.24. The Kier molecular flexibility index (Phi) is 10.0. The lowest BCUT2D eigenvalue weighted by Crippen LogP contribution is -3.09. The molecular weight excluding hydrogens is 717 g/mol. The van der Waals surface area contributed by atoms with E-state index in [1.165, 1.54) is 40.1 Å². The molecule has 0 aromatic heterocycles. The third-order valence-corrected chi connectivity index (χ3v) is 12.9. The maximum Gasteiger partial charge on any atom is 0.325 e. The highest BCUT2D eigenvalue weighted by atomic mass is 127. The van der Waals surface area contributed by atoms with Crippen molar-refractivity contribution in [3.63, 3.8) is 0 Å². The molecule has 5 aromatic rings. The Hall–Kier alpha value is -3.04. The zero-order chi connectivity index (χ0) is 30.5. The first-order valence-corrected chi connectivity index (χ1v) is 18.5. The van der Waals surface area contributed by atoms with Gasteiger partial charge in [0.25, 0.3) is 10.1 Å². The predicted octanol–water partition coefficient (Wildman–Crippen LogP) is 5.91. The van der Waals surface area contributed by atoms with E-state index in [1.54, 1.807) is 18.2 Å². The number of rotatable bonds is 11. The van der Waals surface area contributed by atoms with Crippen LogP contribution in [0.2, 0.25) is 0 Å². The number of hydrogen-bond acceptors (Lipinski definition) is 6. The highest BCUT2D eigenvalue weighted by Crippen LogP contribution is 2.51. The van der Waals surface area contributed by atoms with Crippen molar-refractivity contribution in [3.05, 3.63) is 142 Å². The highest BCUT2D eigenvalue weighted by molar-refractivity contribution is 14.1. The number of thiol groups is 1. The molecule has 5 aromatic carbocycles. The van der Waals surface area contributed by atoms with Gasteiger partial charge in [-0.3, -0.25) is 8.65 Å². The molecule has 0 amide bonds. The van der Waals surface area contributed by atoms with Gasteiger partial charge in [-0.2, -0.15) is 27.7 Å². The molecule has 0 fully saturated rings. The summed E-state index contributed by atoms with van der Waals surface area (Å²) in [7, 11) is -9.37. The molecule has 0 saturated carbocycles. The van der Waals surface area contributed by atoms with Crippen LogP contribution in [0.4, 0.5) is 0 Å². The quantitative estimate of drug-likeness (QED) is 0.0755. The summed E-state index contributed by atoms with van der Waals surface area (Å²) >= 11 is 2.17. The van der Waals surface area contributed by atoms with E-state index in [-0.39, 0.29) is 9.79 Å². The largest absolute Gasteiger partial charge is 0.618 e. The molecular formula is C32H28INO6S3. The van der Waals surface area contributed by atoms with Crippen molar-refractivity contribution in [3.8, 4) is 11.1 Å². The fourth-order valence-corrected chi connectivity index (χ4v) is 9.51. The lowest BCUT2D eigenvalue weighted by atomic mass is 10.1. The molecule has 1 unspecified atom stereocenters. The van der Waals surface area contributed by atoms with Crippen molar-refractivity contribution in [2.45, 2.75) is 24.5 Å².